The highest BCUT2D eigenvalue weighted by molar-refractivity contribution is 7.99. The van der Waals surface area contributed by atoms with Gasteiger partial charge in [-0.2, -0.15) is 0 Å². The second-order valence-corrected chi connectivity index (χ2v) is 6.24. The Balaban J connectivity index is 2.45. The summed E-state index contributed by atoms with van der Waals surface area (Å²) in [7, 11) is 0. The van der Waals surface area contributed by atoms with Crippen molar-refractivity contribution in [1.82, 2.24) is 5.32 Å². The number of halogens is 1. The van der Waals surface area contributed by atoms with Crippen molar-refractivity contribution in [1.29, 1.82) is 0 Å². The molecule has 0 aromatic heterocycles. The lowest BCUT2D eigenvalue weighted by atomic mass is 10.3. The van der Waals surface area contributed by atoms with Crippen LogP contribution in [0.25, 0.3) is 0 Å². The van der Waals surface area contributed by atoms with Crippen molar-refractivity contribution in [3.63, 3.8) is 0 Å². The molecule has 0 aliphatic carbocycles. The molecule has 1 aromatic carbocycles. The predicted molar refractivity (Wildman–Crippen MR) is 85.3 cm³/mol. The van der Waals surface area contributed by atoms with E-state index in [1.54, 1.807) is 11.8 Å². The van der Waals surface area contributed by atoms with E-state index in [2.05, 4.69) is 32.2 Å². The van der Waals surface area contributed by atoms with Crippen LogP contribution in [0.2, 0.25) is 5.02 Å². The summed E-state index contributed by atoms with van der Waals surface area (Å²) in [6.45, 7) is 8.08. The molecule has 1 unspecified atom stereocenters. The fourth-order valence-corrected chi connectivity index (χ4v) is 2.85. The molecule has 0 amide bonds. The second kappa shape index (κ2) is 9.65. The molecule has 108 valence electrons. The van der Waals surface area contributed by atoms with E-state index < -0.39 is 0 Å². The van der Waals surface area contributed by atoms with Gasteiger partial charge in [0.15, 0.2) is 0 Å². The predicted octanol–water partition coefficient (Wildman–Crippen LogP) is 4.23. The molecular weight excluding hydrogens is 278 g/mol. The van der Waals surface area contributed by atoms with E-state index in [0.29, 0.717) is 6.04 Å². The molecular formula is C15H24ClNOS. The summed E-state index contributed by atoms with van der Waals surface area (Å²) in [6.07, 6.45) is 1.41. The van der Waals surface area contributed by atoms with E-state index in [-0.39, 0.29) is 6.10 Å². The Labute approximate surface area is 126 Å². The lowest BCUT2D eigenvalue weighted by molar-refractivity contribution is 0.0655. The van der Waals surface area contributed by atoms with E-state index in [1.165, 1.54) is 0 Å². The zero-order valence-electron chi connectivity index (χ0n) is 12.0. The van der Waals surface area contributed by atoms with Crippen molar-refractivity contribution in [2.24, 2.45) is 0 Å². The minimum Gasteiger partial charge on any atom is -0.377 e. The van der Waals surface area contributed by atoms with Crippen LogP contribution in [-0.4, -0.2) is 31.1 Å². The van der Waals surface area contributed by atoms with Crippen molar-refractivity contribution in [3.8, 4) is 0 Å². The molecule has 0 bridgehead atoms. The topological polar surface area (TPSA) is 21.3 Å². The Bertz CT molecular complexity index is 360. The zero-order valence-corrected chi connectivity index (χ0v) is 13.6. The average molecular weight is 302 g/mol. The summed E-state index contributed by atoms with van der Waals surface area (Å²) in [5, 5.41) is 4.35. The highest BCUT2D eigenvalue weighted by atomic mass is 35.5. The van der Waals surface area contributed by atoms with Gasteiger partial charge in [-0.05, 0) is 38.9 Å². The van der Waals surface area contributed by atoms with Crippen LogP contribution in [0.4, 0.5) is 0 Å². The van der Waals surface area contributed by atoms with E-state index in [0.717, 1.165) is 35.2 Å². The number of thioether (sulfide) groups is 1. The Morgan fingerprint density at radius 2 is 2.05 bits per heavy atom. The first kappa shape index (κ1) is 16.8. The van der Waals surface area contributed by atoms with Crippen molar-refractivity contribution >= 4 is 23.4 Å². The molecule has 1 aromatic rings. The van der Waals surface area contributed by atoms with Crippen LogP contribution in [0.1, 0.15) is 27.2 Å². The number of ether oxygens (including phenoxy) is 1. The SMILES string of the molecule is CCCNC(COC(C)C)CSc1ccccc1Cl. The van der Waals surface area contributed by atoms with E-state index in [9.17, 15) is 0 Å². The molecule has 0 fully saturated rings. The minimum absolute atomic E-state index is 0.274. The molecule has 1 N–H and O–H groups in total. The van der Waals surface area contributed by atoms with Gasteiger partial charge >= 0.3 is 0 Å². The van der Waals surface area contributed by atoms with Gasteiger partial charge < -0.3 is 10.1 Å². The fraction of sp³-hybridized carbons (Fsp3) is 0.600. The number of nitrogens with one attached hydrogen (secondary N) is 1. The Kier molecular flexibility index (Phi) is 8.55. The maximum Gasteiger partial charge on any atom is 0.0631 e. The van der Waals surface area contributed by atoms with Gasteiger partial charge in [-0.25, -0.2) is 0 Å². The molecule has 0 aliphatic heterocycles. The van der Waals surface area contributed by atoms with Crippen LogP contribution in [0.15, 0.2) is 29.2 Å². The maximum absolute atomic E-state index is 6.17. The summed E-state index contributed by atoms with van der Waals surface area (Å²) >= 11 is 7.95. The van der Waals surface area contributed by atoms with Gasteiger partial charge in [-0.1, -0.05) is 30.7 Å². The summed E-state index contributed by atoms with van der Waals surface area (Å²) in [5.41, 5.74) is 0. The summed E-state index contributed by atoms with van der Waals surface area (Å²) in [6, 6.07) is 8.34. The van der Waals surface area contributed by atoms with Crippen LogP contribution in [0.5, 0.6) is 0 Å². The normalized spacial score (nSPS) is 12.9. The van der Waals surface area contributed by atoms with Crippen LogP contribution in [-0.2, 0) is 4.74 Å². The highest BCUT2D eigenvalue weighted by Gasteiger charge is 2.10. The lowest BCUT2D eigenvalue weighted by Crippen LogP contribution is -2.37. The largest absolute Gasteiger partial charge is 0.377 e. The van der Waals surface area contributed by atoms with Crippen molar-refractivity contribution < 1.29 is 4.74 Å². The van der Waals surface area contributed by atoms with Gasteiger partial charge in [-0.3, -0.25) is 0 Å². The first-order chi connectivity index (χ1) is 9.13. The lowest BCUT2D eigenvalue weighted by Gasteiger charge is -2.20. The van der Waals surface area contributed by atoms with Crippen LogP contribution in [0, 0.1) is 0 Å². The minimum atomic E-state index is 0.274. The molecule has 2 nitrogen and oxygen atoms in total. The number of rotatable bonds is 9. The molecule has 0 aliphatic rings. The maximum atomic E-state index is 6.17. The van der Waals surface area contributed by atoms with Crippen molar-refractivity contribution in [3.05, 3.63) is 29.3 Å². The fourth-order valence-electron chi connectivity index (χ4n) is 1.58. The van der Waals surface area contributed by atoms with E-state index in [4.69, 9.17) is 16.3 Å². The molecule has 0 radical (unpaired) electrons. The third-order valence-electron chi connectivity index (χ3n) is 2.59. The molecule has 19 heavy (non-hydrogen) atoms. The molecule has 0 saturated carbocycles. The van der Waals surface area contributed by atoms with Gasteiger partial charge in [0.1, 0.15) is 0 Å². The van der Waals surface area contributed by atoms with Gasteiger partial charge in [0.25, 0.3) is 0 Å². The van der Waals surface area contributed by atoms with Crippen molar-refractivity contribution in [2.45, 2.75) is 44.2 Å². The Hall–Kier alpha value is -0.220. The summed E-state index contributed by atoms with van der Waals surface area (Å²) in [4.78, 5) is 1.14. The van der Waals surface area contributed by atoms with Crippen LogP contribution in [0.3, 0.4) is 0 Å². The average Bonchev–Trinajstić information content (AvgIpc) is 2.39. The second-order valence-electron chi connectivity index (χ2n) is 4.77. The van der Waals surface area contributed by atoms with E-state index in [1.807, 2.05) is 18.2 Å². The third-order valence-corrected chi connectivity index (χ3v) is 4.27. The molecule has 4 heteroatoms. The smallest absolute Gasteiger partial charge is 0.0631 e. The quantitative estimate of drug-likeness (QED) is 0.690. The summed E-state index contributed by atoms with van der Waals surface area (Å²) in [5.74, 6) is 0.969. The van der Waals surface area contributed by atoms with Crippen LogP contribution >= 0.6 is 23.4 Å². The number of benzene rings is 1. The molecule has 1 atom stereocenters. The molecule has 0 spiro atoms. The summed E-state index contributed by atoms with van der Waals surface area (Å²) < 4.78 is 5.71. The number of hydrogen-bond donors (Lipinski definition) is 1. The van der Waals surface area contributed by atoms with E-state index >= 15 is 0 Å². The van der Waals surface area contributed by atoms with Gasteiger partial charge in [-0.15, -0.1) is 11.8 Å². The zero-order chi connectivity index (χ0) is 14.1. The highest BCUT2D eigenvalue weighted by Crippen LogP contribution is 2.27. The first-order valence-corrected chi connectivity index (χ1v) is 8.22. The first-order valence-electron chi connectivity index (χ1n) is 6.85. The monoisotopic (exact) mass is 301 g/mol. The van der Waals surface area contributed by atoms with Crippen LogP contribution < -0.4 is 5.32 Å². The molecule has 0 heterocycles. The third kappa shape index (κ3) is 7.21. The Morgan fingerprint density at radius 1 is 1.32 bits per heavy atom. The van der Waals surface area contributed by atoms with Gasteiger partial charge in [0.2, 0.25) is 0 Å². The Morgan fingerprint density at radius 3 is 2.68 bits per heavy atom. The molecule has 0 saturated heterocycles. The van der Waals surface area contributed by atoms with Gasteiger partial charge in [0.05, 0.1) is 17.7 Å². The number of hydrogen-bond acceptors (Lipinski definition) is 3. The van der Waals surface area contributed by atoms with Crippen molar-refractivity contribution in [2.75, 3.05) is 18.9 Å². The molecule has 1 rings (SSSR count). The standard InChI is InChI=1S/C15H24ClNOS/c1-4-9-17-13(10-18-12(2)3)11-19-15-8-6-5-7-14(15)16/h5-8,12-13,17H,4,9-11H2,1-3H3. The van der Waals surface area contributed by atoms with Gasteiger partial charge in [0, 0.05) is 16.7 Å².